The molecule has 3 nitrogen and oxygen atoms in total. The third kappa shape index (κ3) is 3.21. The summed E-state index contributed by atoms with van der Waals surface area (Å²) in [7, 11) is 0. The highest BCUT2D eigenvalue weighted by molar-refractivity contribution is 7.10. The zero-order chi connectivity index (χ0) is 16.7. The van der Waals surface area contributed by atoms with Crippen LogP contribution in [0.3, 0.4) is 0 Å². The number of hydrogen-bond acceptors (Lipinski definition) is 3. The summed E-state index contributed by atoms with van der Waals surface area (Å²) in [6.45, 7) is 1.12. The molecule has 24 heavy (non-hydrogen) atoms. The van der Waals surface area contributed by atoms with Crippen LogP contribution in [0.1, 0.15) is 34.9 Å². The first kappa shape index (κ1) is 16.4. The molecule has 0 bridgehead atoms. The summed E-state index contributed by atoms with van der Waals surface area (Å²) in [6.07, 6.45) is 3.26. The van der Waals surface area contributed by atoms with E-state index in [1.165, 1.54) is 23.3 Å². The lowest BCUT2D eigenvalue weighted by molar-refractivity contribution is -0.132. The highest BCUT2D eigenvalue weighted by atomic mass is 35.5. The van der Waals surface area contributed by atoms with E-state index in [1.54, 1.807) is 17.4 Å². The lowest BCUT2D eigenvalue weighted by Gasteiger charge is -2.37. The van der Waals surface area contributed by atoms with Crippen molar-refractivity contribution in [2.75, 3.05) is 13.1 Å². The summed E-state index contributed by atoms with van der Waals surface area (Å²) in [4.78, 5) is 16.1. The smallest absolute Gasteiger partial charge is 0.237 e. The first-order valence-corrected chi connectivity index (χ1v) is 9.81. The Kier molecular flexibility index (Phi) is 4.56. The Labute approximate surface area is 155 Å². The minimum absolute atomic E-state index is 0.127. The maximum atomic E-state index is 12.8. The fraction of sp³-hybridized carbons (Fsp3) is 0.389. The summed E-state index contributed by atoms with van der Waals surface area (Å²) in [5.41, 5.74) is 2.13. The van der Waals surface area contributed by atoms with Crippen LogP contribution in [0.2, 0.25) is 10.0 Å². The number of nitrogens with one attached hydrogen (secondary N) is 1. The van der Waals surface area contributed by atoms with E-state index >= 15 is 0 Å². The van der Waals surface area contributed by atoms with E-state index in [4.69, 9.17) is 23.2 Å². The Bertz CT molecular complexity index is 772. The van der Waals surface area contributed by atoms with Gasteiger partial charge in [0.15, 0.2) is 0 Å². The Morgan fingerprint density at radius 3 is 2.83 bits per heavy atom. The number of carbonyl (C=O) groups excluding carboxylic acids is 1. The van der Waals surface area contributed by atoms with E-state index in [2.05, 4.69) is 16.8 Å². The van der Waals surface area contributed by atoms with Crippen molar-refractivity contribution < 1.29 is 4.79 Å². The molecule has 126 valence electrons. The van der Waals surface area contributed by atoms with Gasteiger partial charge in [-0.25, -0.2) is 0 Å². The molecule has 1 unspecified atom stereocenters. The zero-order valence-corrected chi connectivity index (χ0v) is 15.4. The van der Waals surface area contributed by atoms with Crippen molar-refractivity contribution in [2.24, 2.45) is 0 Å². The Morgan fingerprint density at radius 2 is 2.08 bits per heavy atom. The number of halogens is 2. The van der Waals surface area contributed by atoms with Gasteiger partial charge < -0.3 is 10.2 Å². The number of thiophene rings is 1. The van der Waals surface area contributed by atoms with Crippen molar-refractivity contribution in [3.05, 3.63) is 55.7 Å². The average molecular weight is 381 g/mol. The number of nitrogens with zero attached hydrogens (tertiary/aromatic N) is 1. The minimum Gasteiger partial charge on any atom is -0.330 e. The van der Waals surface area contributed by atoms with Crippen molar-refractivity contribution in [1.29, 1.82) is 0 Å². The second-order valence-electron chi connectivity index (χ2n) is 6.36. The molecule has 1 amide bonds. The molecule has 1 saturated carbocycles. The van der Waals surface area contributed by atoms with Crippen molar-refractivity contribution in [3.8, 4) is 0 Å². The van der Waals surface area contributed by atoms with Gasteiger partial charge in [-0.3, -0.25) is 4.79 Å². The molecule has 1 atom stereocenters. The lowest BCUT2D eigenvalue weighted by atomic mass is 9.93. The van der Waals surface area contributed by atoms with Crippen LogP contribution in [0.4, 0.5) is 0 Å². The molecule has 1 aromatic carbocycles. The van der Waals surface area contributed by atoms with Crippen molar-refractivity contribution in [3.63, 3.8) is 0 Å². The van der Waals surface area contributed by atoms with Crippen LogP contribution >= 0.6 is 34.5 Å². The van der Waals surface area contributed by atoms with E-state index in [0.29, 0.717) is 22.6 Å². The van der Waals surface area contributed by atoms with Gasteiger partial charge in [0.2, 0.25) is 5.91 Å². The van der Waals surface area contributed by atoms with Gasteiger partial charge in [0.25, 0.3) is 0 Å². The predicted molar refractivity (Wildman–Crippen MR) is 99.1 cm³/mol. The summed E-state index contributed by atoms with van der Waals surface area (Å²) in [6, 6.07) is 8.05. The number of hydrogen-bond donors (Lipinski definition) is 1. The molecule has 4 rings (SSSR count). The van der Waals surface area contributed by atoms with Crippen LogP contribution in [0.25, 0.3) is 0 Å². The standard InChI is InChI=1S/C18H18Cl2N2OS/c19-11-1-4-13(15(20)9-11)18-14-6-8-24-16(14)5-7-22(18)17(23)10-21-12-2-3-12/h1,4,6,8-9,12,18,21H,2-3,5,7,10H2. The van der Waals surface area contributed by atoms with Gasteiger partial charge >= 0.3 is 0 Å². The van der Waals surface area contributed by atoms with Crippen molar-refractivity contribution in [2.45, 2.75) is 31.3 Å². The Morgan fingerprint density at radius 1 is 1.25 bits per heavy atom. The summed E-state index contributed by atoms with van der Waals surface area (Å²) in [5.74, 6) is 0.134. The molecule has 2 aliphatic rings. The lowest BCUT2D eigenvalue weighted by Crippen LogP contribution is -2.44. The molecule has 1 aliphatic carbocycles. The highest BCUT2D eigenvalue weighted by Gasteiger charge is 2.34. The average Bonchev–Trinajstić information content (AvgIpc) is 3.27. The first-order valence-electron chi connectivity index (χ1n) is 8.17. The summed E-state index contributed by atoms with van der Waals surface area (Å²) in [5, 5.41) is 6.64. The van der Waals surface area contributed by atoms with Gasteiger partial charge in [-0.05, 0) is 54.0 Å². The molecule has 1 aliphatic heterocycles. The second-order valence-corrected chi connectivity index (χ2v) is 8.20. The van der Waals surface area contributed by atoms with Crippen LogP contribution in [-0.4, -0.2) is 29.9 Å². The number of fused-ring (bicyclic) bond motifs is 1. The molecule has 1 fully saturated rings. The first-order chi connectivity index (χ1) is 11.6. The maximum absolute atomic E-state index is 12.8. The minimum atomic E-state index is -0.127. The number of rotatable bonds is 4. The molecule has 0 saturated heterocycles. The van der Waals surface area contributed by atoms with Crippen LogP contribution in [0.15, 0.2) is 29.6 Å². The molecular formula is C18H18Cl2N2OS. The second kappa shape index (κ2) is 6.68. The van der Waals surface area contributed by atoms with E-state index in [-0.39, 0.29) is 11.9 Å². The van der Waals surface area contributed by atoms with Crippen LogP contribution in [0.5, 0.6) is 0 Å². The molecule has 2 heterocycles. The number of benzene rings is 1. The molecule has 0 spiro atoms. The van der Waals surface area contributed by atoms with E-state index < -0.39 is 0 Å². The molecule has 1 N–H and O–H groups in total. The van der Waals surface area contributed by atoms with Crippen LogP contribution in [0, 0.1) is 0 Å². The number of amides is 1. The van der Waals surface area contributed by atoms with Gasteiger partial charge in [-0.2, -0.15) is 0 Å². The van der Waals surface area contributed by atoms with E-state index in [9.17, 15) is 4.79 Å². The third-order valence-electron chi connectivity index (χ3n) is 4.66. The van der Waals surface area contributed by atoms with Crippen LogP contribution in [-0.2, 0) is 11.2 Å². The quantitative estimate of drug-likeness (QED) is 0.858. The van der Waals surface area contributed by atoms with Gasteiger partial charge in [0.05, 0.1) is 12.6 Å². The maximum Gasteiger partial charge on any atom is 0.237 e. The third-order valence-corrected chi connectivity index (χ3v) is 6.22. The fourth-order valence-corrected chi connectivity index (χ4v) is 4.68. The van der Waals surface area contributed by atoms with Crippen molar-refractivity contribution in [1.82, 2.24) is 10.2 Å². The molecule has 1 aromatic heterocycles. The summed E-state index contributed by atoms with van der Waals surface area (Å²) >= 11 is 14.3. The predicted octanol–water partition coefficient (Wildman–Crippen LogP) is 4.28. The van der Waals surface area contributed by atoms with Gasteiger partial charge in [-0.15, -0.1) is 11.3 Å². The van der Waals surface area contributed by atoms with E-state index in [0.717, 1.165) is 18.5 Å². The molecular weight excluding hydrogens is 363 g/mol. The summed E-state index contributed by atoms with van der Waals surface area (Å²) < 4.78 is 0. The zero-order valence-electron chi connectivity index (χ0n) is 13.1. The normalized spacial score (nSPS) is 20.1. The Hall–Kier alpha value is -1.07. The van der Waals surface area contributed by atoms with Crippen LogP contribution < -0.4 is 5.32 Å². The highest BCUT2D eigenvalue weighted by Crippen LogP contribution is 2.40. The SMILES string of the molecule is O=C(CNC1CC1)N1CCc2sccc2C1c1ccc(Cl)cc1Cl. The monoisotopic (exact) mass is 380 g/mol. The van der Waals surface area contributed by atoms with Gasteiger partial charge in [0, 0.05) is 27.5 Å². The molecule has 6 heteroatoms. The van der Waals surface area contributed by atoms with Gasteiger partial charge in [-0.1, -0.05) is 29.3 Å². The fourth-order valence-electron chi connectivity index (χ4n) is 3.26. The Balaban J connectivity index is 1.68. The number of carbonyl (C=O) groups is 1. The van der Waals surface area contributed by atoms with Gasteiger partial charge in [0.1, 0.15) is 0 Å². The van der Waals surface area contributed by atoms with Crippen molar-refractivity contribution >= 4 is 40.4 Å². The molecule has 2 aromatic rings. The topological polar surface area (TPSA) is 32.3 Å². The largest absolute Gasteiger partial charge is 0.330 e. The van der Waals surface area contributed by atoms with E-state index in [1.807, 2.05) is 17.0 Å². The molecule has 0 radical (unpaired) electrons.